The molecule has 1 heterocycles. The van der Waals surface area contributed by atoms with Gasteiger partial charge in [0.1, 0.15) is 0 Å². The summed E-state index contributed by atoms with van der Waals surface area (Å²) in [6.07, 6.45) is 3.88. The molecule has 2 nitrogen and oxygen atoms in total. The van der Waals surface area contributed by atoms with E-state index in [0.29, 0.717) is 6.04 Å². The van der Waals surface area contributed by atoms with E-state index in [4.69, 9.17) is 0 Å². The van der Waals surface area contributed by atoms with Crippen molar-refractivity contribution >= 4 is 11.3 Å². The smallest absolute Gasteiger partial charge is 0.0900 e. The first-order valence-corrected chi connectivity index (χ1v) is 6.72. The molecule has 0 spiro atoms. The highest BCUT2D eigenvalue weighted by Crippen LogP contribution is 2.42. The van der Waals surface area contributed by atoms with Crippen molar-refractivity contribution in [1.82, 2.24) is 10.3 Å². The highest BCUT2D eigenvalue weighted by atomic mass is 32.1. The maximum absolute atomic E-state index is 4.65. The lowest BCUT2D eigenvalue weighted by Gasteiger charge is -2.10. The molecule has 1 aliphatic rings. The Bertz CT molecular complexity index is 328. The molecule has 0 saturated heterocycles. The van der Waals surface area contributed by atoms with Crippen LogP contribution in [-0.4, -0.2) is 11.0 Å². The molecule has 1 saturated carbocycles. The number of thiazole rings is 1. The summed E-state index contributed by atoms with van der Waals surface area (Å²) < 4.78 is 0. The summed E-state index contributed by atoms with van der Waals surface area (Å²) >= 11 is 1.86. The van der Waals surface area contributed by atoms with E-state index in [1.54, 1.807) is 0 Å². The number of aryl methyl sites for hydroxylation is 1. The van der Waals surface area contributed by atoms with Crippen molar-refractivity contribution in [3.63, 3.8) is 0 Å². The van der Waals surface area contributed by atoms with Gasteiger partial charge >= 0.3 is 0 Å². The third kappa shape index (κ3) is 2.79. The summed E-state index contributed by atoms with van der Waals surface area (Å²) in [6, 6.07) is 0.611. The lowest BCUT2D eigenvalue weighted by Crippen LogP contribution is -2.24. The van der Waals surface area contributed by atoms with Crippen molar-refractivity contribution in [1.29, 1.82) is 0 Å². The van der Waals surface area contributed by atoms with Crippen LogP contribution in [0.25, 0.3) is 0 Å². The van der Waals surface area contributed by atoms with Gasteiger partial charge in [-0.1, -0.05) is 6.92 Å². The molecule has 1 atom stereocenters. The maximum atomic E-state index is 4.65. The van der Waals surface area contributed by atoms with Gasteiger partial charge in [0, 0.05) is 23.4 Å². The number of hydrogen-bond donors (Lipinski definition) is 1. The van der Waals surface area contributed by atoms with Crippen molar-refractivity contribution in [2.45, 2.75) is 58.5 Å². The van der Waals surface area contributed by atoms with Gasteiger partial charge in [0.25, 0.3) is 0 Å². The molecular weight excluding hydrogens is 204 g/mol. The SMILES string of the molecule is CCC(C)NCc1sc(C)nc1C1CC1. The number of hydrogen-bond acceptors (Lipinski definition) is 3. The van der Waals surface area contributed by atoms with E-state index in [2.05, 4.69) is 31.1 Å². The molecule has 1 fully saturated rings. The molecule has 0 amide bonds. The average Bonchev–Trinajstić information content (AvgIpc) is 2.99. The Kier molecular flexibility index (Phi) is 3.42. The zero-order valence-corrected chi connectivity index (χ0v) is 10.7. The van der Waals surface area contributed by atoms with Gasteiger partial charge in [-0.05, 0) is 33.1 Å². The van der Waals surface area contributed by atoms with Crippen molar-refractivity contribution < 1.29 is 0 Å². The number of nitrogens with zero attached hydrogens (tertiary/aromatic N) is 1. The second kappa shape index (κ2) is 4.62. The molecule has 1 aromatic rings. The zero-order valence-electron chi connectivity index (χ0n) is 9.84. The minimum atomic E-state index is 0.611. The Balaban J connectivity index is 2.00. The van der Waals surface area contributed by atoms with Crippen LogP contribution in [0.3, 0.4) is 0 Å². The number of nitrogens with one attached hydrogen (secondary N) is 1. The minimum Gasteiger partial charge on any atom is -0.309 e. The Morgan fingerprint density at radius 1 is 1.53 bits per heavy atom. The van der Waals surface area contributed by atoms with Gasteiger partial charge < -0.3 is 5.32 Å². The minimum absolute atomic E-state index is 0.611. The van der Waals surface area contributed by atoms with Crippen molar-refractivity contribution in [2.24, 2.45) is 0 Å². The molecule has 0 aliphatic heterocycles. The molecule has 1 N–H and O–H groups in total. The lowest BCUT2D eigenvalue weighted by atomic mass is 10.2. The Morgan fingerprint density at radius 3 is 2.87 bits per heavy atom. The van der Waals surface area contributed by atoms with Crippen LogP contribution in [0.15, 0.2) is 0 Å². The first-order chi connectivity index (χ1) is 7.20. The third-order valence-corrected chi connectivity index (χ3v) is 4.01. The van der Waals surface area contributed by atoms with E-state index < -0.39 is 0 Å². The van der Waals surface area contributed by atoms with E-state index in [9.17, 15) is 0 Å². The molecule has 0 bridgehead atoms. The van der Waals surface area contributed by atoms with Gasteiger partial charge in [-0.3, -0.25) is 0 Å². The third-order valence-electron chi connectivity index (χ3n) is 3.02. The molecule has 1 unspecified atom stereocenters. The second-order valence-electron chi connectivity index (χ2n) is 4.51. The molecule has 15 heavy (non-hydrogen) atoms. The maximum Gasteiger partial charge on any atom is 0.0900 e. The Morgan fingerprint density at radius 2 is 2.27 bits per heavy atom. The highest BCUT2D eigenvalue weighted by Gasteiger charge is 2.28. The van der Waals surface area contributed by atoms with E-state index >= 15 is 0 Å². The summed E-state index contributed by atoms with van der Waals surface area (Å²) in [6.45, 7) is 7.58. The highest BCUT2D eigenvalue weighted by molar-refractivity contribution is 7.11. The van der Waals surface area contributed by atoms with Crippen molar-refractivity contribution in [3.8, 4) is 0 Å². The first-order valence-electron chi connectivity index (χ1n) is 5.90. The van der Waals surface area contributed by atoms with Gasteiger partial charge in [-0.2, -0.15) is 0 Å². The molecule has 3 heteroatoms. The van der Waals surface area contributed by atoms with Crippen LogP contribution in [0, 0.1) is 6.92 Å². The van der Waals surface area contributed by atoms with Crippen LogP contribution < -0.4 is 5.32 Å². The summed E-state index contributed by atoms with van der Waals surface area (Å²) in [5, 5.41) is 4.78. The molecule has 0 radical (unpaired) electrons. The second-order valence-corrected chi connectivity index (χ2v) is 5.79. The lowest BCUT2D eigenvalue weighted by molar-refractivity contribution is 0.535. The van der Waals surface area contributed by atoms with Crippen LogP contribution >= 0.6 is 11.3 Å². The van der Waals surface area contributed by atoms with E-state index in [0.717, 1.165) is 12.5 Å². The van der Waals surface area contributed by atoms with E-state index in [1.165, 1.54) is 34.8 Å². The predicted octanol–water partition coefficient (Wildman–Crippen LogP) is 3.22. The number of rotatable bonds is 5. The molecule has 1 aromatic heterocycles. The van der Waals surface area contributed by atoms with Crippen LogP contribution in [0.2, 0.25) is 0 Å². The average molecular weight is 224 g/mol. The summed E-state index contributed by atoms with van der Waals surface area (Å²) in [5.74, 6) is 0.781. The molecule has 1 aliphatic carbocycles. The Hall–Kier alpha value is -0.410. The van der Waals surface area contributed by atoms with Crippen LogP contribution in [0.5, 0.6) is 0 Å². The summed E-state index contributed by atoms with van der Waals surface area (Å²) in [7, 11) is 0. The van der Waals surface area contributed by atoms with Crippen LogP contribution in [-0.2, 0) is 6.54 Å². The van der Waals surface area contributed by atoms with Gasteiger partial charge in [0.2, 0.25) is 0 Å². The fourth-order valence-electron chi connectivity index (χ4n) is 1.70. The van der Waals surface area contributed by atoms with Gasteiger partial charge in [0.15, 0.2) is 0 Å². The van der Waals surface area contributed by atoms with E-state index in [1.807, 2.05) is 11.3 Å². The van der Waals surface area contributed by atoms with E-state index in [-0.39, 0.29) is 0 Å². The molecule has 2 rings (SSSR count). The Labute approximate surface area is 96.1 Å². The zero-order chi connectivity index (χ0) is 10.8. The van der Waals surface area contributed by atoms with Crippen LogP contribution in [0.1, 0.15) is 54.6 Å². The normalized spacial score (nSPS) is 18.1. The largest absolute Gasteiger partial charge is 0.309 e. The van der Waals surface area contributed by atoms with Crippen LogP contribution in [0.4, 0.5) is 0 Å². The van der Waals surface area contributed by atoms with Crippen molar-refractivity contribution in [2.75, 3.05) is 0 Å². The summed E-state index contributed by atoms with van der Waals surface area (Å²) in [4.78, 5) is 6.12. The monoisotopic (exact) mass is 224 g/mol. The first kappa shape index (κ1) is 11.1. The van der Waals surface area contributed by atoms with Crippen molar-refractivity contribution in [3.05, 3.63) is 15.6 Å². The predicted molar refractivity (Wildman–Crippen MR) is 65.4 cm³/mol. The van der Waals surface area contributed by atoms with Gasteiger partial charge in [0.05, 0.1) is 10.7 Å². The molecule has 84 valence electrons. The molecular formula is C12H20N2S. The fourth-order valence-corrected chi connectivity index (χ4v) is 2.67. The number of aromatic nitrogens is 1. The molecule has 0 aromatic carbocycles. The topological polar surface area (TPSA) is 24.9 Å². The van der Waals surface area contributed by atoms with Gasteiger partial charge in [-0.25, -0.2) is 4.98 Å². The summed E-state index contributed by atoms with van der Waals surface area (Å²) in [5.41, 5.74) is 1.38. The fraction of sp³-hybridized carbons (Fsp3) is 0.750. The quantitative estimate of drug-likeness (QED) is 0.830. The van der Waals surface area contributed by atoms with Gasteiger partial charge in [-0.15, -0.1) is 11.3 Å². The standard InChI is InChI=1S/C12H20N2S/c1-4-8(2)13-7-11-12(10-5-6-10)14-9(3)15-11/h8,10,13H,4-7H2,1-3H3.